The second-order valence-corrected chi connectivity index (χ2v) is 4.07. The first-order valence-corrected chi connectivity index (χ1v) is 5.82. The number of aryl methyl sites for hydroxylation is 1. The molecular weight excluding hydrogens is 242 g/mol. The number of hydrogen-bond donors (Lipinski definition) is 2. The van der Waals surface area contributed by atoms with Crippen molar-refractivity contribution in [3.8, 4) is 5.75 Å². The molecule has 1 aromatic carbocycles. The van der Waals surface area contributed by atoms with Gasteiger partial charge in [0.05, 0.1) is 5.69 Å². The maximum absolute atomic E-state index is 8.64. The van der Waals surface area contributed by atoms with Gasteiger partial charge in [0, 0.05) is 11.8 Å². The van der Waals surface area contributed by atoms with E-state index in [4.69, 9.17) is 15.7 Å². The van der Waals surface area contributed by atoms with E-state index in [0.717, 1.165) is 11.3 Å². The zero-order chi connectivity index (χ0) is 13.7. The number of rotatable bonds is 4. The first-order valence-electron chi connectivity index (χ1n) is 5.82. The van der Waals surface area contributed by atoms with Crippen LogP contribution in [0.5, 0.6) is 5.75 Å². The van der Waals surface area contributed by atoms with Gasteiger partial charge in [0.2, 0.25) is 0 Å². The third-order valence-electron chi connectivity index (χ3n) is 2.73. The van der Waals surface area contributed by atoms with E-state index >= 15 is 0 Å². The maximum atomic E-state index is 8.64. The Kier molecular flexibility index (Phi) is 3.97. The third-order valence-corrected chi connectivity index (χ3v) is 2.73. The van der Waals surface area contributed by atoms with E-state index in [9.17, 15) is 0 Å². The van der Waals surface area contributed by atoms with Crippen LogP contribution in [0.1, 0.15) is 16.8 Å². The van der Waals surface area contributed by atoms with Crippen LogP contribution in [0.15, 0.2) is 47.8 Å². The van der Waals surface area contributed by atoms with Gasteiger partial charge in [-0.1, -0.05) is 23.4 Å². The van der Waals surface area contributed by atoms with Crippen molar-refractivity contribution in [2.75, 3.05) is 0 Å². The Morgan fingerprint density at radius 1 is 1.37 bits per heavy atom. The molecule has 0 bridgehead atoms. The number of amidine groups is 1. The number of ether oxygens (including phenoxy) is 1. The number of aromatic nitrogens is 1. The zero-order valence-electron chi connectivity index (χ0n) is 10.6. The minimum absolute atomic E-state index is 0.0551. The number of nitrogens with two attached hydrogens (primary N) is 1. The van der Waals surface area contributed by atoms with Gasteiger partial charge in [-0.15, -0.1) is 0 Å². The Morgan fingerprint density at radius 3 is 2.95 bits per heavy atom. The van der Waals surface area contributed by atoms with Crippen LogP contribution in [-0.4, -0.2) is 16.0 Å². The highest BCUT2D eigenvalue weighted by Crippen LogP contribution is 2.15. The lowest BCUT2D eigenvalue weighted by molar-refractivity contribution is 0.300. The normalized spacial score (nSPS) is 11.3. The van der Waals surface area contributed by atoms with Crippen molar-refractivity contribution in [2.45, 2.75) is 13.5 Å². The van der Waals surface area contributed by atoms with E-state index < -0.39 is 0 Å². The van der Waals surface area contributed by atoms with Gasteiger partial charge < -0.3 is 15.7 Å². The molecule has 0 aliphatic heterocycles. The van der Waals surface area contributed by atoms with Crippen molar-refractivity contribution in [1.82, 2.24) is 4.98 Å². The fourth-order valence-electron chi connectivity index (χ4n) is 1.62. The summed E-state index contributed by atoms with van der Waals surface area (Å²) in [6, 6.07) is 10.9. The minimum Gasteiger partial charge on any atom is -0.487 e. The van der Waals surface area contributed by atoms with Crippen LogP contribution in [-0.2, 0) is 6.61 Å². The summed E-state index contributed by atoms with van der Waals surface area (Å²) < 4.78 is 5.65. The van der Waals surface area contributed by atoms with Crippen molar-refractivity contribution in [2.24, 2.45) is 10.9 Å². The summed E-state index contributed by atoms with van der Waals surface area (Å²) in [5.74, 6) is 0.702. The fourth-order valence-corrected chi connectivity index (χ4v) is 1.62. The standard InChI is InChI=1S/C14H15N3O2/c1-10-4-3-7-16-13(10)9-19-12-6-2-5-11(8-12)14(15)17-18/h2-8,18H,9H2,1H3,(H2,15,17). The molecule has 19 heavy (non-hydrogen) atoms. The first kappa shape index (κ1) is 12.9. The van der Waals surface area contributed by atoms with Gasteiger partial charge in [-0.05, 0) is 30.7 Å². The molecule has 1 aromatic heterocycles. The highest BCUT2D eigenvalue weighted by Gasteiger charge is 2.03. The van der Waals surface area contributed by atoms with Crippen LogP contribution < -0.4 is 10.5 Å². The van der Waals surface area contributed by atoms with Gasteiger partial charge >= 0.3 is 0 Å². The molecular formula is C14H15N3O2. The van der Waals surface area contributed by atoms with Gasteiger partial charge in [-0.3, -0.25) is 4.98 Å². The van der Waals surface area contributed by atoms with E-state index in [-0.39, 0.29) is 5.84 Å². The lowest BCUT2D eigenvalue weighted by Gasteiger charge is -2.08. The summed E-state index contributed by atoms with van der Waals surface area (Å²) in [4.78, 5) is 4.25. The Bertz CT molecular complexity index is 597. The number of benzene rings is 1. The van der Waals surface area contributed by atoms with E-state index in [1.54, 1.807) is 24.4 Å². The van der Waals surface area contributed by atoms with E-state index in [2.05, 4.69) is 10.1 Å². The molecule has 0 atom stereocenters. The van der Waals surface area contributed by atoms with Crippen molar-refractivity contribution < 1.29 is 9.94 Å². The summed E-state index contributed by atoms with van der Waals surface area (Å²) in [6.07, 6.45) is 1.73. The Morgan fingerprint density at radius 2 is 2.21 bits per heavy atom. The average molecular weight is 257 g/mol. The van der Waals surface area contributed by atoms with Gasteiger partial charge in [-0.25, -0.2) is 0 Å². The predicted molar refractivity (Wildman–Crippen MR) is 72.3 cm³/mol. The molecule has 98 valence electrons. The Labute approximate surface area is 111 Å². The number of oxime groups is 1. The molecule has 0 aliphatic rings. The van der Waals surface area contributed by atoms with Crippen molar-refractivity contribution >= 4 is 5.84 Å². The predicted octanol–water partition coefficient (Wildman–Crippen LogP) is 2.06. The fraction of sp³-hybridized carbons (Fsp3) is 0.143. The summed E-state index contributed by atoms with van der Waals surface area (Å²) in [5, 5.41) is 11.6. The second-order valence-electron chi connectivity index (χ2n) is 4.07. The molecule has 0 spiro atoms. The molecule has 1 heterocycles. The second kappa shape index (κ2) is 5.86. The topological polar surface area (TPSA) is 80.7 Å². The van der Waals surface area contributed by atoms with Gasteiger partial charge in [0.15, 0.2) is 5.84 Å². The first-order chi connectivity index (χ1) is 9.20. The summed E-state index contributed by atoms with van der Waals surface area (Å²) in [5.41, 5.74) is 8.10. The zero-order valence-corrected chi connectivity index (χ0v) is 10.6. The van der Waals surface area contributed by atoms with E-state index in [1.807, 2.05) is 25.1 Å². The molecule has 0 unspecified atom stereocenters. The molecule has 3 N–H and O–H groups in total. The van der Waals surface area contributed by atoms with Crippen LogP contribution in [0.3, 0.4) is 0 Å². The summed E-state index contributed by atoms with van der Waals surface area (Å²) in [7, 11) is 0. The van der Waals surface area contributed by atoms with Crippen LogP contribution in [0.25, 0.3) is 0 Å². The van der Waals surface area contributed by atoms with Gasteiger partial charge in [-0.2, -0.15) is 0 Å². The average Bonchev–Trinajstić information content (AvgIpc) is 2.46. The van der Waals surface area contributed by atoms with Crippen LogP contribution >= 0.6 is 0 Å². The van der Waals surface area contributed by atoms with E-state index in [0.29, 0.717) is 17.9 Å². The van der Waals surface area contributed by atoms with Crippen molar-refractivity contribution in [3.63, 3.8) is 0 Å². The molecule has 0 amide bonds. The number of hydrogen-bond acceptors (Lipinski definition) is 4. The number of nitrogens with zero attached hydrogens (tertiary/aromatic N) is 2. The third kappa shape index (κ3) is 3.22. The lowest BCUT2D eigenvalue weighted by Crippen LogP contribution is -2.13. The Hall–Kier alpha value is -2.56. The maximum Gasteiger partial charge on any atom is 0.170 e. The molecule has 5 nitrogen and oxygen atoms in total. The van der Waals surface area contributed by atoms with Crippen molar-refractivity contribution in [1.29, 1.82) is 0 Å². The molecule has 2 aromatic rings. The Balaban J connectivity index is 2.10. The molecule has 5 heteroatoms. The summed E-state index contributed by atoms with van der Waals surface area (Å²) in [6.45, 7) is 2.37. The van der Waals surface area contributed by atoms with Crippen LogP contribution in [0.2, 0.25) is 0 Å². The molecule has 0 saturated carbocycles. The van der Waals surface area contributed by atoms with E-state index in [1.165, 1.54) is 0 Å². The number of pyridine rings is 1. The monoisotopic (exact) mass is 257 g/mol. The lowest BCUT2D eigenvalue weighted by atomic mass is 10.2. The largest absolute Gasteiger partial charge is 0.487 e. The van der Waals surface area contributed by atoms with Gasteiger partial charge in [0.25, 0.3) is 0 Å². The molecule has 0 aliphatic carbocycles. The SMILES string of the molecule is Cc1cccnc1COc1cccc(/C(N)=N/O)c1. The highest BCUT2D eigenvalue weighted by molar-refractivity contribution is 5.97. The highest BCUT2D eigenvalue weighted by atomic mass is 16.5. The molecule has 0 saturated heterocycles. The van der Waals surface area contributed by atoms with Crippen LogP contribution in [0.4, 0.5) is 0 Å². The summed E-state index contributed by atoms with van der Waals surface area (Å²) >= 11 is 0. The quantitative estimate of drug-likeness (QED) is 0.380. The molecule has 0 fully saturated rings. The minimum atomic E-state index is 0.0551. The van der Waals surface area contributed by atoms with Crippen molar-refractivity contribution in [3.05, 3.63) is 59.4 Å². The smallest absolute Gasteiger partial charge is 0.170 e. The van der Waals surface area contributed by atoms with Gasteiger partial charge in [0.1, 0.15) is 12.4 Å². The van der Waals surface area contributed by atoms with Crippen LogP contribution in [0, 0.1) is 6.92 Å². The molecule has 2 rings (SSSR count). The molecule has 0 radical (unpaired) electrons.